The highest BCUT2D eigenvalue weighted by Crippen LogP contribution is 2.25. The van der Waals surface area contributed by atoms with Gasteiger partial charge in [-0.25, -0.2) is 13.4 Å². The Kier molecular flexibility index (Phi) is 3.75. The van der Waals surface area contributed by atoms with Gasteiger partial charge in [-0.1, -0.05) is 12.1 Å². The van der Waals surface area contributed by atoms with Gasteiger partial charge in [0.25, 0.3) is 0 Å². The lowest BCUT2D eigenvalue weighted by molar-refractivity contribution is 0.295. The summed E-state index contributed by atoms with van der Waals surface area (Å²) in [5.74, 6) is 0.803. The number of rotatable bonds is 3. The third-order valence-electron chi connectivity index (χ3n) is 3.90. The van der Waals surface area contributed by atoms with Gasteiger partial charge in [0.1, 0.15) is 0 Å². The van der Waals surface area contributed by atoms with Gasteiger partial charge in [-0.3, -0.25) is 4.31 Å². The van der Waals surface area contributed by atoms with E-state index < -0.39 is 10.0 Å². The Morgan fingerprint density at radius 1 is 1.24 bits per heavy atom. The Morgan fingerprint density at radius 3 is 2.67 bits per heavy atom. The second kappa shape index (κ2) is 5.55. The first kappa shape index (κ1) is 14.2. The van der Waals surface area contributed by atoms with Crippen LogP contribution in [-0.4, -0.2) is 44.7 Å². The highest BCUT2D eigenvalue weighted by molar-refractivity contribution is 7.93. The van der Waals surface area contributed by atoms with Crippen molar-refractivity contribution in [2.24, 2.45) is 10.7 Å². The van der Waals surface area contributed by atoms with Gasteiger partial charge in [0.15, 0.2) is 5.96 Å². The van der Waals surface area contributed by atoms with Crippen molar-refractivity contribution in [3.63, 3.8) is 0 Å². The van der Waals surface area contributed by atoms with E-state index in [1.165, 1.54) is 10.7 Å². The Balaban J connectivity index is 1.74. The molecule has 2 aliphatic heterocycles. The zero-order chi connectivity index (χ0) is 14.9. The van der Waals surface area contributed by atoms with E-state index in [-0.39, 0.29) is 5.75 Å². The van der Waals surface area contributed by atoms with E-state index in [9.17, 15) is 8.42 Å². The minimum absolute atomic E-state index is 0.233. The van der Waals surface area contributed by atoms with E-state index in [0.717, 1.165) is 24.3 Å². The van der Waals surface area contributed by atoms with Gasteiger partial charge < -0.3 is 10.6 Å². The first-order chi connectivity index (χ1) is 10.1. The zero-order valence-corrected chi connectivity index (χ0v) is 12.7. The van der Waals surface area contributed by atoms with Crippen molar-refractivity contribution in [1.82, 2.24) is 4.90 Å². The standard InChI is InChI=1S/C14H20N4O2S/c15-14(17-6-2-7-17)16-11-12-4-1-5-13(10-12)18-8-3-9-21(18,19)20/h1,4-5,10H,2-3,6-9,11H2,(H2,15,16). The molecule has 0 bridgehead atoms. The molecule has 21 heavy (non-hydrogen) atoms. The number of hydrogen-bond donors (Lipinski definition) is 1. The second-order valence-corrected chi connectivity index (χ2v) is 7.44. The monoisotopic (exact) mass is 308 g/mol. The number of likely N-dealkylation sites (tertiary alicyclic amines) is 1. The molecule has 0 spiro atoms. The van der Waals surface area contributed by atoms with Crippen LogP contribution in [-0.2, 0) is 16.6 Å². The van der Waals surface area contributed by atoms with Crippen LogP contribution in [0.5, 0.6) is 0 Å². The summed E-state index contributed by atoms with van der Waals surface area (Å²) in [6, 6.07) is 7.53. The fraction of sp³-hybridized carbons (Fsp3) is 0.500. The maximum Gasteiger partial charge on any atom is 0.235 e. The molecular formula is C14H20N4O2S. The number of benzene rings is 1. The third-order valence-corrected chi connectivity index (χ3v) is 5.77. The molecule has 0 atom stereocenters. The first-order valence-electron chi connectivity index (χ1n) is 7.20. The van der Waals surface area contributed by atoms with Crippen LogP contribution in [0.1, 0.15) is 18.4 Å². The van der Waals surface area contributed by atoms with Crippen molar-refractivity contribution in [2.45, 2.75) is 19.4 Å². The molecule has 0 aromatic heterocycles. The topological polar surface area (TPSA) is 79.0 Å². The van der Waals surface area contributed by atoms with Crippen LogP contribution in [0.15, 0.2) is 29.3 Å². The normalized spacial score (nSPS) is 21.4. The van der Waals surface area contributed by atoms with Crippen LogP contribution in [0.2, 0.25) is 0 Å². The molecule has 1 aromatic carbocycles. The van der Waals surface area contributed by atoms with E-state index in [4.69, 9.17) is 5.73 Å². The Hall–Kier alpha value is -1.76. The maximum absolute atomic E-state index is 11.9. The van der Waals surface area contributed by atoms with E-state index in [0.29, 0.717) is 25.5 Å². The minimum Gasteiger partial charge on any atom is -0.370 e. The number of sulfonamides is 1. The quantitative estimate of drug-likeness (QED) is 0.660. The SMILES string of the molecule is NC(=NCc1cccc(N2CCCS2(=O)=O)c1)N1CCC1. The number of hydrogen-bond acceptors (Lipinski definition) is 3. The van der Waals surface area contributed by atoms with Gasteiger partial charge in [0.2, 0.25) is 10.0 Å². The molecule has 0 saturated carbocycles. The summed E-state index contributed by atoms with van der Waals surface area (Å²) in [4.78, 5) is 6.41. The summed E-state index contributed by atoms with van der Waals surface area (Å²) in [5, 5.41) is 0. The van der Waals surface area contributed by atoms with Gasteiger partial charge in [-0.15, -0.1) is 0 Å². The van der Waals surface area contributed by atoms with Crippen LogP contribution >= 0.6 is 0 Å². The van der Waals surface area contributed by atoms with Crippen molar-refractivity contribution in [3.05, 3.63) is 29.8 Å². The Morgan fingerprint density at radius 2 is 2.05 bits per heavy atom. The number of guanidine groups is 1. The van der Waals surface area contributed by atoms with Crippen molar-refractivity contribution in [1.29, 1.82) is 0 Å². The molecule has 0 amide bonds. The second-order valence-electron chi connectivity index (χ2n) is 5.43. The summed E-state index contributed by atoms with van der Waals surface area (Å²) in [5.41, 5.74) is 7.59. The lowest BCUT2D eigenvalue weighted by atomic mass is 10.2. The van der Waals surface area contributed by atoms with Crippen molar-refractivity contribution >= 4 is 21.7 Å². The number of nitrogens with zero attached hydrogens (tertiary/aromatic N) is 3. The molecule has 2 fully saturated rings. The highest BCUT2D eigenvalue weighted by Gasteiger charge is 2.28. The van der Waals surface area contributed by atoms with Crippen LogP contribution in [0.3, 0.4) is 0 Å². The molecular weight excluding hydrogens is 288 g/mol. The molecule has 2 N–H and O–H groups in total. The first-order valence-corrected chi connectivity index (χ1v) is 8.81. The summed E-state index contributed by atoms with van der Waals surface area (Å²) in [6.07, 6.45) is 1.85. The smallest absolute Gasteiger partial charge is 0.235 e. The van der Waals surface area contributed by atoms with Gasteiger partial charge in [0.05, 0.1) is 18.0 Å². The Bertz CT molecular complexity index is 653. The average molecular weight is 308 g/mol. The van der Waals surface area contributed by atoms with Crippen molar-refractivity contribution in [2.75, 3.05) is 29.7 Å². The number of aliphatic imine (C=N–C) groups is 1. The largest absolute Gasteiger partial charge is 0.370 e. The van der Waals surface area contributed by atoms with Crippen molar-refractivity contribution < 1.29 is 8.42 Å². The Labute approximate surface area is 125 Å². The van der Waals surface area contributed by atoms with Crippen LogP contribution in [0, 0.1) is 0 Å². The molecule has 0 radical (unpaired) electrons. The molecule has 2 heterocycles. The molecule has 2 aliphatic rings. The lowest BCUT2D eigenvalue weighted by Crippen LogP contribution is -2.46. The maximum atomic E-state index is 11.9. The molecule has 7 heteroatoms. The third kappa shape index (κ3) is 2.97. The average Bonchev–Trinajstić information content (AvgIpc) is 2.74. The molecule has 1 aromatic rings. The molecule has 6 nitrogen and oxygen atoms in total. The molecule has 0 aliphatic carbocycles. The fourth-order valence-corrected chi connectivity index (χ4v) is 4.11. The number of anilines is 1. The molecule has 2 saturated heterocycles. The van der Waals surface area contributed by atoms with Crippen LogP contribution in [0.4, 0.5) is 5.69 Å². The minimum atomic E-state index is -3.13. The van der Waals surface area contributed by atoms with Crippen LogP contribution < -0.4 is 10.0 Å². The van der Waals surface area contributed by atoms with E-state index in [2.05, 4.69) is 4.99 Å². The predicted molar refractivity (Wildman–Crippen MR) is 83.7 cm³/mol. The summed E-state index contributed by atoms with van der Waals surface area (Å²) < 4.78 is 25.4. The summed E-state index contributed by atoms with van der Waals surface area (Å²) in [6.45, 7) is 2.98. The molecule has 114 valence electrons. The van der Waals surface area contributed by atoms with Crippen molar-refractivity contribution in [3.8, 4) is 0 Å². The lowest BCUT2D eigenvalue weighted by Gasteiger charge is -2.31. The van der Waals surface area contributed by atoms with E-state index in [1.807, 2.05) is 29.2 Å². The predicted octanol–water partition coefficient (Wildman–Crippen LogP) is 0.747. The van der Waals surface area contributed by atoms with Gasteiger partial charge in [-0.2, -0.15) is 0 Å². The highest BCUT2D eigenvalue weighted by atomic mass is 32.2. The van der Waals surface area contributed by atoms with Gasteiger partial charge in [0, 0.05) is 19.6 Å². The summed E-state index contributed by atoms with van der Waals surface area (Å²) in [7, 11) is -3.13. The van der Waals surface area contributed by atoms with Crippen LogP contribution in [0.25, 0.3) is 0 Å². The summed E-state index contributed by atoms with van der Waals surface area (Å²) >= 11 is 0. The zero-order valence-electron chi connectivity index (χ0n) is 11.9. The molecule has 3 rings (SSSR count). The number of nitrogens with two attached hydrogens (primary N) is 1. The fourth-order valence-electron chi connectivity index (χ4n) is 2.56. The van der Waals surface area contributed by atoms with E-state index >= 15 is 0 Å². The van der Waals surface area contributed by atoms with E-state index in [1.54, 1.807) is 0 Å². The molecule has 0 unspecified atom stereocenters. The van der Waals surface area contributed by atoms with Gasteiger partial charge in [-0.05, 0) is 30.5 Å². The van der Waals surface area contributed by atoms with Gasteiger partial charge >= 0.3 is 0 Å².